The second-order valence-electron chi connectivity index (χ2n) is 3.07. The molecule has 0 spiro atoms. The number of rotatable bonds is 6. The van der Waals surface area contributed by atoms with Crippen LogP contribution < -0.4 is 5.32 Å². The monoisotopic (exact) mass is 220 g/mol. The molecule has 1 unspecified atom stereocenters. The first-order chi connectivity index (χ1) is 6.72. The minimum atomic E-state index is -1.97. The third kappa shape index (κ3) is 7.03. The first-order valence-electron chi connectivity index (χ1n) is 5.11. The summed E-state index contributed by atoms with van der Waals surface area (Å²) < 4.78 is 19.7. The van der Waals surface area contributed by atoms with Gasteiger partial charge in [-0.15, -0.1) is 0 Å². The third-order valence-corrected chi connectivity index (χ3v) is 2.34. The van der Waals surface area contributed by atoms with E-state index in [1.165, 1.54) is 0 Å². The van der Waals surface area contributed by atoms with E-state index in [0.717, 1.165) is 25.7 Å². The molecule has 0 saturated heterocycles. The van der Waals surface area contributed by atoms with Gasteiger partial charge in [-0.25, -0.2) is 4.21 Å². The molecule has 0 aliphatic heterocycles. The molecule has 1 atom stereocenters. The van der Waals surface area contributed by atoms with Crippen molar-refractivity contribution in [2.75, 3.05) is 13.1 Å². The van der Waals surface area contributed by atoms with E-state index in [-0.39, 0.29) is 5.17 Å². The SMILES string of the molecule is CCCCN=C(NCCCC)S(=O)O. The first kappa shape index (κ1) is 13.6. The summed E-state index contributed by atoms with van der Waals surface area (Å²) in [5.41, 5.74) is 0. The van der Waals surface area contributed by atoms with Gasteiger partial charge in [-0.3, -0.25) is 9.55 Å². The van der Waals surface area contributed by atoms with Crippen molar-refractivity contribution >= 4 is 16.2 Å². The van der Waals surface area contributed by atoms with E-state index in [1.54, 1.807) is 0 Å². The van der Waals surface area contributed by atoms with Gasteiger partial charge in [0.1, 0.15) is 0 Å². The maximum atomic E-state index is 10.8. The Morgan fingerprint density at radius 3 is 2.50 bits per heavy atom. The molecule has 14 heavy (non-hydrogen) atoms. The average molecular weight is 220 g/mol. The van der Waals surface area contributed by atoms with Crippen LogP contribution in [0, 0.1) is 0 Å². The highest BCUT2D eigenvalue weighted by molar-refractivity contribution is 7.95. The lowest BCUT2D eigenvalue weighted by Crippen LogP contribution is -2.28. The number of nitrogens with zero attached hydrogens (tertiary/aromatic N) is 1. The fraction of sp³-hybridized carbons (Fsp3) is 0.889. The first-order valence-corrected chi connectivity index (χ1v) is 6.22. The van der Waals surface area contributed by atoms with Gasteiger partial charge in [0, 0.05) is 13.1 Å². The summed E-state index contributed by atoms with van der Waals surface area (Å²) in [5, 5.41) is 3.09. The zero-order valence-electron chi connectivity index (χ0n) is 8.95. The summed E-state index contributed by atoms with van der Waals surface area (Å²) in [5.74, 6) is 0. The van der Waals surface area contributed by atoms with Crippen molar-refractivity contribution in [3.05, 3.63) is 0 Å². The molecule has 2 N–H and O–H groups in total. The molecule has 0 aliphatic rings. The third-order valence-electron chi connectivity index (χ3n) is 1.74. The fourth-order valence-electron chi connectivity index (χ4n) is 0.884. The number of hydrogen-bond acceptors (Lipinski definition) is 2. The van der Waals surface area contributed by atoms with E-state index in [4.69, 9.17) is 4.55 Å². The summed E-state index contributed by atoms with van der Waals surface area (Å²) in [7, 11) is 0. The fourth-order valence-corrected chi connectivity index (χ4v) is 1.31. The molecule has 0 aromatic heterocycles. The van der Waals surface area contributed by atoms with Crippen molar-refractivity contribution < 1.29 is 8.76 Å². The Kier molecular flexibility index (Phi) is 8.87. The molecule has 0 amide bonds. The highest BCUT2D eigenvalue weighted by atomic mass is 32.2. The van der Waals surface area contributed by atoms with Crippen LogP contribution in [0.25, 0.3) is 0 Å². The molecule has 0 heterocycles. The van der Waals surface area contributed by atoms with Crippen molar-refractivity contribution in [3.63, 3.8) is 0 Å². The van der Waals surface area contributed by atoms with Gasteiger partial charge in [0.2, 0.25) is 16.2 Å². The van der Waals surface area contributed by atoms with Gasteiger partial charge in [0.05, 0.1) is 0 Å². The molecule has 0 saturated carbocycles. The van der Waals surface area contributed by atoms with Crippen LogP contribution in [-0.2, 0) is 11.1 Å². The molecule has 0 aliphatic carbocycles. The number of unbranched alkanes of at least 4 members (excludes halogenated alkanes) is 2. The molecular formula is C9H20N2O2S. The second-order valence-corrected chi connectivity index (χ2v) is 3.95. The van der Waals surface area contributed by atoms with E-state index in [2.05, 4.69) is 24.2 Å². The average Bonchev–Trinajstić information content (AvgIpc) is 2.15. The number of aliphatic imine (C=N–C) groups is 1. The molecule has 0 aromatic carbocycles. The standard InChI is InChI=1S/C9H20N2O2S/c1-3-5-7-10-9(14(12)13)11-8-6-4-2/h3-8H2,1-2H3,(H,10,11)(H,12,13). The van der Waals surface area contributed by atoms with Crippen LogP contribution in [0.15, 0.2) is 4.99 Å². The summed E-state index contributed by atoms with van der Waals surface area (Å²) in [6.45, 7) is 5.48. The van der Waals surface area contributed by atoms with E-state index in [9.17, 15) is 4.21 Å². The minimum absolute atomic E-state index is 0.215. The second kappa shape index (κ2) is 9.15. The minimum Gasteiger partial charge on any atom is -0.361 e. The number of amidine groups is 1. The molecule has 84 valence electrons. The van der Waals surface area contributed by atoms with Crippen molar-refractivity contribution in [1.29, 1.82) is 0 Å². The summed E-state index contributed by atoms with van der Waals surface area (Å²) in [6, 6.07) is 0. The van der Waals surface area contributed by atoms with Crippen LogP contribution in [0.4, 0.5) is 0 Å². The quantitative estimate of drug-likeness (QED) is 0.310. The van der Waals surface area contributed by atoms with Crippen LogP contribution in [0.2, 0.25) is 0 Å². The van der Waals surface area contributed by atoms with Crippen LogP contribution in [-0.4, -0.2) is 27.0 Å². The van der Waals surface area contributed by atoms with Gasteiger partial charge in [-0.05, 0) is 12.8 Å². The molecular weight excluding hydrogens is 200 g/mol. The Bertz CT molecular complexity index is 195. The zero-order valence-corrected chi connectivity index (χ0v) is 9.77. The van der Waals surface area contributed by atoms with Gasteiger partial charge in [0.15, 0.2) is 0 Å². The Hall–Kier alpha value is -0.420. The van der Waals surface area contributed by atoms with Crippen molar-refractivity contribution in [1.82, 2.24) is 5.32 Å². The molecule has 4 nitrogen and oxygen atoms in total. The predicted molar refractivity (Wildman–Crippen MR) is 60.9 cm³/mol. The van der Waals surface area contributed by atoms with E-state index < -0.39 is 11.1 Å². The maximum Gasteiger partial charge on any atom is 0.222 e. The van der Waals surface area contributed by atoms with Crippen LogP contribution in [0.1, 0.15) is 39.5 Å². The predicted octanol–water partition coefficient (Wildman–Crippen LogP) is 1.75. The smallest absolute Gasteiger partial charge is 0.222 e. The largest absolute Gasteiger partial charge is 0.361 e. The normalized spacial score (nSPS) is 14.1. The Balaban J connectivity index is 3.88. The number of hydrogen-bond donors (Lipinski definition) is 2. The van der Waals surface area contributed by atoms with Crippen molar-refractivity contribution in [2.45, 2.75) is 39.5 Å². The van der Waals surface area contributed by atoms with Gasteiger partial charge in [-0.2, -0.15) is 0 Å². The maximum absolute atomic E-state index is 10.8. The van der Waals surface area contributed by atoms with E-state index in [1.807, 2.05) is 0 Å². The Morgan fingerprint density at radius 2 is 2.00 bits per heavy atom. The molecule has 5 heteroatoms. The molecule has 0 radical (unpaired) electrons. The lowest BCUT2D eigenvalue weighted by molar-refractivity contribution is 0.574. The topological polar surface area (TPSA) is 61.7 Å². The number of nitrogens with one attached hydrogen (secondary N) is 1. The molecule has 0 aromatic rings. The lowest BCUT2D eigenvalue weighted by Gasteiger charge is -2.05. The van der Waals surface area contributed by atoms with Crippen molar-refractivity contribution in [2.24, 2.45) is 4.99 Å². The summed E-state index contributed by atoms with van der Waals surface area (Å²) >= 11 is -1.97. The van der Waals surface area contributed by atoms with Gasteiger partial charge in [-0.1, -0.05) is 26.7 Å². The van der Waals surface area contributed by atoms with E-state index >= 15 is 0 Å². The lowest BCUT2D eigenvalue weighted by atomic mass is 10.3. The van der Waals surface area contributed by atoms with Gasteiger partial charge in [0.25, 0.3) is 0 Å². The highest BCUT2D eigenvalue weighted by Crippen LogP contribution is 1.90. The van der Waals surface area contributed by atoms with Crippen LogP contribution >= 0.6 is 0 Å². The Morgan fingerprint density at radius 1 is 1.36 bits per heavy atom. The highest BCUT2D eigenvalue weighted by Gasteiger charge is 2.03. The summed E-state index contributed by atoms with van der Waals surface area (Å²) in [4.78, 5) is 4.04. The molecule has 0 fully saturated rings. The molecule has 0 rings (SSSR count). The van der Waals surface area contributed by atoms with Crippen LogP contribution in [0.3, 0.4) is 0 Å². The van der Waals surface area contributed by atoms with Gasteiger partial charge >= 0.3 is 0 Å². The van der Waals surface area contributed by atoms with Crippen LogP contribution in [0.5, 0.6) is 0 Å². The summed E-state index contributed by atoms with van der Waals surface area (Å²) in [6.07, 6.45) is 4.05. The van der Waals surface area contributed by atoms with Gasteiger partial charge < -0.3 is 5.32 Å². The zero-order chi connectivity index (χ0) is 10.8. The molecule has 0 bridgehead atoms. The van der Waals surface area contributed by atoms with Crippen molar-refractivity contribution in [3.8, 4) is 0 Å². The van der Waals surface area contributed by atoms with E-state index in [0.29, 0.717) is 13.1 Å². The Labute approximate surface area is 88.5 Å².